The van der Waals surface area contributed by atoms with Crippen molar-refractivity contribution in [3.63, 3.8) is 0 Å². The van der Waals surface area contributed by atoms with Gasteiger partial charge in [-0.05, 0) is 52.5 Å². The van der Waals surface area contributed by atoms with Gasteiger partial charge in [-0.2, -0.15) is 0 Å². The summed E-state index contributed by atoms with van der Waals surface area (Å²) in [7, 11) is 0. The molecule has 152 valence electrons. The molecule has 0 bridgehead atoms. The molecule has 1 aromatic heterocycles. The number of hydrogen-bond donors (Lipinski definition) is 2. The third-order valence-corrected chi connectivity index (χ3v) is 5.60. The minimum Gasteiger partial charge on any atom is -0.466 e. The molecule has 2 rings (SSSR count). The summed E-state index contributed by atoms with van der Waals surface area (Å²) in [5, 5.41) is 3.02. The number of hydrogen-bond acceptors (Lipinski definition) is 3. The molecule has 1 aromatic rings. The standard InChI is InChI=1S/C21H35N3O3/c1-5-16(2)24(21(26)19-15-17(3)27-18(19)4)13-9-20(25)22-10-14-23-11-7-6-8-12-23/h15-16H,5-14H2,1-4H3,(H,22,25)/p+1/t16-/m1/s1. The topological polar surface area (TPSA) is 67.0 Å². The molecule has 0 aliphatic carbocycles. The van der Waals surface area contributed by atoms with Gasteiger partial charge in [0.15, 0.2) is 0 Å². The van der Waals surface area contributed by atoms with Crippen LogP contribution in [0.15, 0.2) is 10.5 Å². The van der Waals surface area contributed by atoms with Crippen molar-refractivity contribution in [1.82, 2.24) is 10.2 Å². The van der Waals surface area contributed by atoms with Crippen LogP contribution in [0.5, 0.6) is 0 Å². The summed E-state index contributed by atoms with van der Waals surface area (Å²) in [4.78, 5) is 28.6. The Labute approximate surface area is 163 Å². The van der Waals surface area contributed by atoms with Gasteiger partial charge in [-0.3, -0.25) is 9.59 Å². The van der Waals surface area contributed by atoms with Crippen LogP contribution in [0.1, 0.15) is 67.8 Å². The zero-order chi connectivity index (χ0) is 19.8. The summed E-state index contributed by atoms with van der Waals surface area (Å²) in [5.74, 6) is 1.34. The van der Waals surface area contributed by atoms with E-state index in [1.807, 2.05) is 20.8 Å². The van der Waals surface area contributed by atoms with Crippen LogP contribution in [0.25, 0.3) is 0 Å². The molecule has 1 saturated heterocycles. The smallest absolute Gasteiger partial charge is 0.257 e. The molecule has 0 saturated carbocycles. The van der Waals surface area contributed by atoms with Crippen molar-refractivity contribution in [2.75, 3.05) is 32.7 Å². The number of amides is 2. The van der Waals surface area contributed by atoms with Gasteiger partial charge in [0.1, 0.15) is 11.5 Å². The number of piperidine rings is 1. The molecule has 1 aliphatic rings. The van der Waals surface area contributed by atoms with E-state index in [1.165, 1.54) is 32.4 Å². The second-order valence-corrected chi connectivity index (χ2v) is 7.74. The molecule has 0 spiro atoms. The van der Waals surface area contributed by atoms with Crippen LogP contribution in [0, 0.1) is 13.8 Å². The van der Waals surface area contributed by atoms with Crippen LogP contribution < -0.4 is 10.2 Å². The Balaban J connectivity index is 1.83. The van der Waals surface area contributed by atoms with Crippen LogP contribution in [0.3, 0.4) is 0 Å². The summed E-state index contributed by atoms with van der Waals surface area (Å²) < 4.78 is 5.51. The van der Waals surface area contributed by atoms with E-state index < -0.39 is 0 Å². The van der Waals surface area contributed by atoms with Gasteiger partial charge in [-0.1, -0.05) is 6.92 Å². The highest BCUT2D eigenvalue weighted by molar-refractivity contribution is 5.95. The number of rotatable bonds is 9. The Bertz CT molecular complexity index is 620. The molecule has 0 radical (unpaired) electrons. The molecule has 0 unspecified atom stereocenters. The molecule has 1 aliphatic heterocycles. The lowest BCUT2D eigenvalue weighted by molar-refractivity contribution is -0.903. The van der Waals surface area contributed by atoms with Gasteiger partial charge < -0.3 is 19.5 Å². The maximum absolute atomic E-state index is 12.9. The van der Waals surface area contributed by atoms with Crippen LogP contribution in [-0.4, -0.2) is 55.5 Å². The van der Waals surface area contributed by atoms with Gasteiger partial charge in [0.25, 0.3) is 5.91 Å². The molecule has 2 N–H and O–H groups in total. The average molecular weight is 379 g/mol. The molecule has 1 fully saturated rings. The van der Waals surface area contributed by atoms with Gasteiger partial charge in [0.05, 0.1) is 31.7 Å². The number of quaternary nitrogens is 1. The number of aryl methyl sites for hydroxylation is 2. The van der Waals surface area contributed by atoms with Crippen LogP contribution in [0.2, 0.25) is 0 Å². The molecule has 0 aromatic carbocycles. The van der Waals surface area contributed by atoms with E-state index in [-0.39, 0.29) is 17.9 Å². The fourth-order valence-electron chi connectivity index (χ4n) is 3.73. The molecule has 2 heterocycles. The van der Waals surface area contributed by atoms with E-state index in [4.69, 9.17) is 4.42 Å². The van der Waals surface area contributed by atoms with Crippen LogP contribution in [0.4, 0.5) is 0 Å². The minimum atomic E-state index is -0.0516. The maximum atomic E-state index is 12.9. The first kappa shape index (κ1) is 21.5. The number of likely N-dealkylation sites (tertiary alicyclic amines) is 1. The van der Waals surface area contributed by atoms with E-state index in [1.54, 1.807) is 15.9 Å². The number of nitrogens with zero attached hydrogens (tertiary/aromatic N) is 1. The van der Waals surface area contributed by atoms with E-state index in [2.05, 4.69) is 12.2 Å². The lowest BCUT2D eigenvalue weighted by Crippen LogP contribution is -3.13. The third-order valence-electron chi connectivity index (χ3n) is 5.60. The third kappa shape index (κ3) is 6.38. The highest BCUT2D eigenvalue weighted by Crippen LogP contribution is 2.18. The van der Waals surface area contributed by atoms with Gasteiger partial charge >= 0.3 is 0 Å². The number of carbonyl (C=O) groups is 2. The lowest BCUT2D eigenvalue weighted by atomic mass is 10.1. The van der Waals surface area contributed by atoms with E-state index in [0.717, 1.165) is 18.7 Å². The fraction of sp³-hybridized carbons (Fsp3) is 0.714. The maximum Gasteiger partial charge on any atom is 0.257 e. The van der Waals surface area contributed by atoms with Crippen LogP contribution in [-0.2, 0) is 4.79 Å². The van der Waals surface area contributed by atoms with Crippen molar-refractivity contribution in [3.05, 3.63) is 23.2 Å². The second kappa shape index (κ2) is 10.5. The molecule has 6 heteroatoms. The molecule has 27 heavy (non-hydrogen) atoms. The fourth-order valence-corrected chi connectivity index (χ4v) is 3.73. The normalized spacial score (nSPS) is 16.1. The molecular weight excluding hydrogens is 342 g/mol. The van der Waals surface area contributed by atoms with E-state index in [0.29, 0.717) is 30.8 Å². The zero-order valence-electron chi connectivity index (χ0n) is 17.4. The van der Waals surface area contributed by atoms with E-state index >= 15 is 0 Å². The zero-order valence-corrected chi connectivity index (χ0v) is 17.4. The summed E-state index contributed by atoms with van der Waals surface area (Å²) >= 11 is 0. The first-order valence-electron chi connectivity index (χ1n) is 10.4. The monoisotopic (exact) mass is 378 g/mol. The first-order valence-corrected chi connectivity index (χ1v) is 10.4. The van der Waals surface area contributed by atoms with Crippen molar-refractivity contribution in [2.24, 2.45) is 0 Å². The molecule has 6 nitrogen and oxygen atoms in total. The molecule has 2 amide bonds. The Morgan fingerprint density at radius 2 is 1.96 bits per heavy atom. The van der Waals surface area contributed by atoms with Crippen molar-refractivity contribution < 1.29 is 18.9 Å². The predicted molar refractivity (Wildman–Crippen MR) is 106 cm³/mol. The lowest BCUT2D eigenvalue weighted by Gasteiger charge is -2.28. The van der Waals surface area contributed by atoms with Crippen molar-refractivity contribution in [1.29, 1.82) is 0 Å². The second-order valence-electron chi connectivity index (χ2n) is 7.74. The van der Waals surface area contributed by atoms with Gasteiger partial charge in [0.2, 0.25) is 5.91 Å². The van der Waals surface area contributed by atoms with Crippen LogP contribution >= 0.6 is 0 Å². The van der Waals surface area contributed by atoms with Crippen molar-refractivity contribution in [2.45, 2.75) is 65.8 Å². The summed E-state index contributed by atoms with van der Waals surface area (Å²) in [6, 6.07) is 1.87. The highest BCUT2D eigenvalue weighted by atomic mass is 16.3. The SMILES string of the molecule is CC[C@@H](C)N(CCC(=O)NCC[NH+]1CCCCC1)C(=O)c1cc(C)oc1C. The quantitative estimate of drug-likeness (QED) is 0.687. The molecule has 1 atom stereocenters. The minimum absolute atomic E-state index is 0.0209. The largest absolute Gasteiger partial charge is 0.466 e. The van der Waals surface area contributed by atoms with E-state index in [9.17, 15) is 9.59 Å². The number of carbonyl (C=O) groups excluding carboxylic acids is 2. The summed E-state index contributed by atoms with van der Waals surface area (Å²) in [6.07, 6.45) is 5.11. The highest BCUT2D eigenvalue weighted by Gasteiger charge is 2.24. The first-order chi connectivity index (χ1) is 12.9. The van der Waals surface area contributed by atoms with Gasteiger partial charge in [0, 0.05) is 19.0 Å². The van der Waals surface area contributed by atoms with Crippen molar-refractivity contribution >= 4 is 11.8 Å². The van der Waals surface area contributed by atoms with Crippen molar-refractivity contribution in [3.8, 4) is 0 Å². The summed E-state index contributed by atoms with van der Waals surface area (Å²) in [5.41, 5.74) is 0.599. The van der Waals surface area contributed by atoms with Gasteiger partial charge in [-0.15, -0.1) is 0 Å². The Hall–Kier alpha value is -1.82. The average Bonchev–Trinajstić information content (AvgIpc) is 3.00. The van der Waals surface area contributed by atoms with Gasteiger partial charge in [-0.25, -0.2) is 0 Å². The number of furan rings is 1. The molecular formula is C21H36N3O3+. The summed E-state index contributed by atoms with van der Waals surface area (Å²) in [6.45, 7) is 12.3. The number of nitrogens with one attached hydrogen (secondary N) is 2. The Morgan fingerprint density at radius 3 is 2.56 bits per heavy atom. The Kier molecular flexibility index (Phi) is 8.35. The Morgan fingerprint density at radius 1 is 1.26 bits per heavy atom. The predicted octanol–water partition coefficient (Wildman–Crippen LogP) is 1.71.